The molecule has 0 aromatic carbocycles. The van der Waals surface area contributed by atoms with Crippen molar-refractivity contribution in [2.45, 2.75) is 48.8 Å². The number of aromatic nitrogens is 1. The highest BCUT2D eigenvalue weighted by Crippen LogP contribution is 2.27. The van der Waals surface area contributed by atoms with Crippen molar-refractivity contribution >= 4 is 44.5 Å². The van der Waals surface area contributed by atoms with E-state index in [1.54, 1.807) is 18.3 Å². The first-order chi connectivity index (χ1) is 11.5. The molecule has 2 aromatic rings. The van der Waals surface area contributed by atoms with E-state index in [1.165, 1.54) is 44.6 Å². The topological polar surface area (TPSA) is 71.1 Å². The Bertz CT molecular complexity index is 767. The van der Waals surface area contributed by atoms with Gasteiger partial charge in [-0.25, -0.2) is 13.4 Å². The van der Waals surface area contributed by atoms with Crippen LogP contribution in [0.2, 0.25) is 4.34 Å². The van der Waals surface area contributed by atoms with Crippen LogP contribution in [0.4, 0.5) is 11.5 Å². The van der Waals surface area contributed by atoms with Gasteiger partial charge in [-0.1, -0.05) is 37.3 Å². The molecule has 5 nitrogen and oxygen atoms in total. The van der Waals surface area contributed by atoms with E-state index in [9.17, 15) is 8.42 Å². The lowest BCUT2D eigenvalue weighted by molar-refractivity contribution is 0.603. The molecule has 1 aliphatic rings. The number of anilines is 2. The molecule has 1 aliphatic carbocycles. The van der Waals surface area contributed by atoms with Crippen LogP contribution in [0, 0.1) is 0 Å². The summed E-state index contributed by atoms with van der Waals surface area (Å²) in [6, 6.07) is 7.05. The van der Waals surface area contributed by atoms with Gasteiger partial charge in [-0.3, -0.25) is 4.72 Å². The first kappa shape index (κ1) is 17.5. The summed E-state index contributed by atoms with van der Waals surface area (Å²) >= 11 is 6.81. The van der Waals surface area contributed by atoms with Crippen LogP contribution in [0.5, 0.6) is 0 Å². The normalized spacial score (nSPS) is 16.5. The lowest BCUT2D eigenvalue weighted by atomic mass is 10.1. The first-order valence-corrected chi connectivity index (χ1v) is 10.7. The second-order valence-corrected chi connectivity index (χ2v) is 9.55. The molecule has 8 heteroatoms. The number of halogens is 1. The summed E-state index contributed by atoms with van der Waals surface area (Å²) in [4.78, 5) is 4.20. The largest absolute Gasteiger partial charge is 0.381 e. The molecule has 0 bridgehead atoms. The number of nitrogens with one attached hydrogen (secondary N) is 2. The highest BCUT2D eigenvalue weighted by Gasteiger charge is 2.17. The van der Waals surface area contributed by atoms with E-state index in [0.717, 1.165) is 17.0 Å². The number of hydrogen-bond acceptors (Lipinski definition) is 5. The van der Waals surface area contributed by atoms with E-state index in [4.69, 9.17) is 11.6 Å². The van der Waals surface area contributed by atoms with Crippen molar-refractivity contribution in [1.82, 2.24) is 4.98 Å². The van der Waals surface area contributed by atoms with Crippen LogP contribution in [0.25, 0.3) is 0 Å². The van der Waals surface area contributed by atoms with Gasteiger partial charge in [0.2, 0.25) is 0 Å². The maximum Gasteiger partial charge on any atom is 0.272 e. The van der Waals surface area contributed by atoms with E-state index >= 15 is 0 Å². The predicted molar refractivity (Wildman–Crippen MR) is 99.5 cm³/mol. The Hall–Kier alpha value is -1.31. The number of thiophene rings is 1. The van der Waals surface area contributed by atoms with Crippen molar-refractivity contribution in [1.29, 1.82) is 0 Å². The van der Waals surface area contributed by atoms with Crippen molar-refractivity contribution in [2.24, 2.45) is 0 Å². The molecule has 0 unspecified atom stereocenters. The van der Waals surface area contributed by atoms with Gasteiger partial charge in [0.05, 0.1) is 16.2 Å². The summed E-state index contributed by atoms with van der Waals surface area (Å²) in [5, 5.41) is 3.49. The van der Waals surface area contributed by atoms with Gasteiger partial charge in [0, 0.05) is 6.04 Å². The summed E-state index contributed by atoms with van der Waals surface area (Å²) in [5.41, 5.74) is 0.920. The smallest absolute Gasteiger partial charge is 0.272 e. The molecule has 0 spiro atoms. The molecule has 2 N–H and O–H groups in total. The van der Waals surface area contributed by atoms with E-state index in [0.29, 0.717) is 16.2 Å². The average Bonchev–Trinajstić information content (AvgIpc) is 2.84. The molecule has 2 aromatic heterocycles. The molecule has 0 saturated heterocycles. The Balaban J connectivity index is 1.64. The molecule has 0 amide bonds. The quantitative estimate of drug-likeness (QED) is 0.729. The summed E-state index contributed by atoms with van der Waals surface area (Å²) < 4.78 is 27.6. The molecule has 2 heterocycles. The molecule has 1 saturated carbocycles. The van der Waals surface area contributed by atoms with Gasteiger partial charge < -0.3 is 5.32 Å². The minimum Gasteiger partial charge on any atom is -0.381 e. The molecule has 0 atom stereocenters. The van der Waals surface area contributed by atoms with Crippen molar-refractivity contribution < 1.29 is 8.42 Å². The zero-order valence-electron chi connectivity index (χ0n) is 13.2. The van der Waals surface area contributed by atoms with Crippen LogP contribution in [0.1, 0.15) is 38.5 Å². The van der Waals surface area contributed by atoms with Crippen LogP contribution >= 0.6 is 22.9 Å². The second-order valence-electron chi connectivity index (χ2n) is 5.93. The van der Waals surface area contributed by atoms with Gasteiger partial charge in [-0.15, -0.1) is 11.3 Å². The van der Waals surface area contributed by atoms with Crippen molar-refractivity contribution in [3.8, 4) is 0 Å². The van der Waals surface area contributed by atoms with Crippen LogP contribution in [0.15, 0.2) is 34.7 Å². The molecule has 130 valence electrons. The number of pyridine rings is 1. The second kappa shape index (κ2) is 7.72. The first-order valence-electron chi connectivity index (χ1n) is 8.04. The number of hydrogen-bond donors (Lipinski definition) is 2. The zero-order valence-corrected chi connectivity index (χ0v) is 15.6. The summed E-state index contributed by atoms with van der Waals surface area (Å²) in [5.74, 6) is 0.297. The number of sulfonamides is 1. The third-order valence-corrected chi connectivity index (χ3v) is 7.12. The van der Waals surface area contributed by atoms with E-state index in [1.807, 2.05) is 6.07 Å². The Morgan fingerprint density at radius 3 is 2.42 bits per heavy atom. The van der Waals surface area contributed by atoms with Crippen LogP contribution in [-0.2, 0) is 10.0 Å². The van der Waals surface area contributed by atoms with Gasteiger partial charge in [0.15, 0.2) is 0 Å². The van der Waals surface area contributed by atoms with Crippen molar-refractivity contribution in [2.75, 3.05) is 10.0 Å². The highest BCUT2D eigenvalue weighted by atomic mass is 35.5. The molecular formula is C16H20ClN3O2S2. The molecular weight excluding hydrogens is 366 g/mol. The Kier molecular flexibility index (Phi) is 5.63. The lowest BCUT2D eigenvalue weighted by Gasteiger charge is -2.17. The third-order valence-electron chi connectivity index (χ3n) is 4.04. The predicted octanol–water partition coefficient (Wildman–Crippen LogP) is 4.73. The number of rotatable bonds is 5. The van der Waals surface area contributed by atoms with Gasteiger partial charge in [0.1, 0.15) is 10.0 Å². The van der Waals surface area contributed by atoms with E-state index < -0.39 is 10.0 Å². The lowest BCUT2D eigenvalue weighted by Crippen LogP contribution is -2.18. The van der Waals surface area contributed by atoms with Crippen LogP contribution in [0.3, 0.4) is 0 Å². The fourth-order valence-electron chi connectivity index (χ4n) is 2.83. The molecule has 1 fully saturated rings. The summed E-state index contributed by atoms with van der Waals surface area (Å²) in [6.45, 7) is 0. The van der Waals surface area contributed by atoms with E-state index in [-0.39, 0.29) is 4.21 Å². The third kappa shape index (κ3) is 4.62. The van der Waals surface area contributed by atoms with Gasteiger partial charge >= 0.3 is 0 Å². The monoisotopic (exact) mass is 385 g/mol. The Morgan fingerprint density at radius 2 is 1.83 bits per heavy atom. The molecule has 0 aliphatic heterocycles. The van der Waals surface area contributed by atoms with Gasteiger partial charge in [0.25, 0.3) is 10.0 Å². The molecule has 0 radical (unpaired) electrons. The number of nitrogens with zero attached hydrogens (tertiary/aromatic N) is 1. The molecule has 3 rings (SSSR count). The maximum atomic E-state index is 12.2. The van der Waals surface area contributed by atoms with Crippen LogP contribution < -0.4 is 10.0 Å². The Labute approximate surface area is 151 Å². The molecule has 24 heavy (non-hydrogen) atoms. The Morgan fingerprint density at radius 1 is 1.08 bits per heavy atom. The minimum atomic E-state index is -3.64. The SMILES string of the molecule is O=S(=O)(Nc1ccc(NC2CCCCCC2)cn1)c1ccc(Cl)s1. The zero-order chi connectivity index (χ0) is 17.0. The maximum absolute atomic E-state index is 12.2. The average molecular weight is 386 g/mol. The fraction of sp³-hybridized carbons (Fsp3) is 0.438. The highest BCUT2D eigenvalue weighted by molar-refractivity contribution is 7.94. The van der Waals surface area contributed by atoms with E-state index in [2.05, 4.69) is 15.0 Å². The summed E-state index contributed by atoms with van der Waals surface area (Å²) in [6.07, 6.45) is 9.15. The standard InChI is InChI=1S/C16H20ClN3O2S2/c17-14-8-10-16(23-14)24(21,22)20-15-9-7-13(11-18-15)19-12-5-3-1-2-4-6-12/h7-12,19H,1-6H2,(H,18,20). The van der Waals surface area contributed by atoms with Gasteiger partial charge in [-0.2, -0.15) is 0 Å². The van der Waals surface area contributed by atoms with Crippen molar-refractivity contribution in [3.05, 3.63) is 34.8 Å². The minimum absolute atomic E-state index is 0.176. The van der Waals surface area contributed by atoms with Gasteiger partial charge in [-0.05, 0) is 37.1 Å². The summed E-state index contributed by atoms with van der Waals surface area (Å²) in [7, 11) is -3.64. The fourth-order valence-corrected chi connectivity index (χ4v) is 5.32. The van der Waals surface area contributed by atoms with Crippen LogP contribution in [-0.4, -0.2) is 19.4 Å². The van der Waals surface area contributed by atoms with Crippen molar-refractivity contribution in [3.63, 3.8) is 0 Å².